The van der Waals surface area contributed by atoms with Gasteiger partial charge in [-0.3, -0.25) is 8.68 Å². The number of carbonyl (C=O) groups excluding carboxylic acids is 2. The highest BCUT2D eigenvalue weighted by atomic mass is 32.1. The van der Waals surface area contributed by atoms with Crippen molar-refractivity contribution in [1.82, 2.24) is 5.32 Å². The fourth-order valence-corrected chi connectivity index (χ4v) is 2.83. The summed E-state index contributed by atoms with van der Waals surface area (Å²) in [7, 11) is 0. The monoisotopic (exact) mass is 318 g/mol. The lowest BCUT2D eigenvalue weighted by Gasteiger charge is -2.43. The predicted octanol–water partition coefficient (Wildman–Crippen LogP) is 1.03. The maximum atomic E-state index is 12.1. The number of amides is 1. The molecule has 7 nitrogen and oxygen atoms in total. The van der Waals surface area contributed by atoms with Gasteiger partial charge >= 0.3 is 5.97 Å². The summed E-state index contributed by atoms with van der Waals surface area (Å²) in [5.41, 5.74) is -1.16. The van der Waals surface area contributed by atoms with E-state index in [0.29, 0.717) is 29.8 Å². The number of hydrogen-bond acceptors (Lipinski definition) is 6. The Bertz CT molecular complexity index is 408. The van der Waals surface area contributed by atoms with Gasteiger partial charge in [-0.25, -0.2) is 4.79 Å². The first-order valence-corrected chi connectivity index (χ1v) is 7.59. The molecule has 1 atom stereocenters. The molecule has 0 aromatic rings. The minimum atomic E-state index is -1.16. The van der Waals surface area contributed by atoms with Gasteiger partial charge in [0.15, 0.2) is 6.04 Å². The molecule has 1 rings (SSSR count). The van der Waals surface area contributed by atoms with Crippen LogP contribution in [0, 0.1) is 4.91 Å². The van der Waals surface area contributed by atoms with Crippen molar-refractivity contribution in [1.29, 1.82) is 0 Å². The molecule has 1 aliphatic heterocycles. The molecule has 1 heterocycles. The molecule has 1 amide bonds. The molecule has 0 aromatic heterocycles. The van der Waals surface area contributed by atoms with Crippen LogP contribution >= 0.6 is 12.8 Å². The van der Waals surface area contributed by atoms with Gasteiger partial charge < -0.3 is 10.1 Å². The van der Waals surface area contributed by atoms with Crippen LogP contribution in [0.2, 0.25) is 0 Å². The zero-order valence-electron chi connectivity index (χ0n) is 12.8. The summed E-state index contributed by atoms with van der Waals surface area (Å²) >= 11 is 4.59. The second-order valence-electron chi connectivity index (χ2n) is 5.44. The summed E-state index contributed by atoms with van der Waals surface area (Å²) in [4.78, 5) is 35.0. The summed E-state index contributed by atoms with van der Waals surface area (Å²) < 4.78 is 5.52. The molecule has 0 bridgehead atoms. The van der Waals surface area contributed by atoms with Gasteiger partial charge in [0.2, 0.25) is 5.91 Å². The van der Waals surface area contributed by atoms with Gasteiger partial charge in [-0.1, -0.05) is 5.18 Å². The molecular formula is C13H24N3O4S+. The molecule has 0 saturated carbocycles. The quantitative estimate of drug-likeness (QED) is 0.332. The van der Waals surface area contributed by atoms with Crippen LogP contribution < -0.4 is 5.32 Å². The van der Waals surface area contributed by atoms with E-state index in [1.54, 1.807) is 6.92 Å². The second kappa shape index (κ2) is 7.22. The lowest BCUT2D eigenvalue weighted by Crippen LogP contribution is -2.62. The number of nitroso groups, excluding NO2 is 1. The topological polar surface area (TPSA) is 84.8 Å². The van der Waals surface area contributed by atoms with Gasteiger partial charge in [-0.05, 0) is 13.8 Å². The van der Waals surface area contributed by atoms with Crippen LogP contribution in [0.15, 0.2) is 5.18 Å². The molecule has 1 saturated heterocycles. The molecule has 1 fully saturated rings. The first-order chi connectivity index (χ1) is 9.82. The molecular weight excluding hydrogens is 294 g/mol. The summed E-state index contributed by atoms with van der Waals surface area (Å²) in [5, 5.41) is 5.76. The molecule has 0 spiro atoms. The van der Waals surface area contributed by atoms with E-state index in [9.17, 15) is 14.5 Å². The number of carbonyl (C=O) groups is 2. The van der Waals surface area contributed by atoms with Crippen LogP contribution in [-0.4, -0.2) is 53.6 Å². The molecule has 120 valence electrons. The van der Waals surface area contributed by atoms with E-state index in [2.05, 4.69) is 23.3 Å². The number of ether oxygens (including phenoxy) is 1. The first kappa shape index (κ1) is 17.9. The Labute approximate surface area is 130 Å². The van der Waals surface area contributed by atoms with Crippen molar-refractivity contribution in [3.05, 3.63) is 4.91 Å². The zero-order valence-corrected chi connectivity index (χ0v) is 13.7. The third-order valence-electron chi connectivity index (χ3n) is 4.10. The second-order valence-corrected chi connectivity index (χ2v) is 6.29. The van der Waals surface area contributed by atoms with E-state index in [1.807, 2.05) is 6.92 Å². The average molecular weight is 318 g/mol. The van der Waals surface area contributed by atoms with Crippen molar-refractivity contribution < 1.29 is 18.2 Å². The Morgan fingerprint density at radius 3 is 2.33 bits per heavy atom. The van der Waals surface area contributed by atoms with E-state index in [-0.39, 0.29) is 12.5 Å². The van der Waals surface area contributed by atoms with E-state index in [0.717, 1.165) is 6.54 Å². The number of nitrogens with zero attached hydrogens (tertiary/aromatic N) is 2. The van der Waals surface area contributed by atoms with Crippen molar-refractivity contribution >= 4 is 24.7 Å². The minimum Gasteiger partial charge on any atom is -0.464 e. The number of rotatable bonds is 6. The molecule has 21 heavy (non-hydrogen) atoms. The summed E-state index contributed by atoms with van der Waals surface area (Å²) in [6, 6.07) is -1.04. The first-order valence-electron chi connectivity index (χ1n) is 7.19. The third kappa shape index (κ3) is 4.16. The lowest BCUT2D eigenvalue weighted by molar-refractivity contribution is -0.797. The number of hydrogen-bond donors (Lipinski definition) is 2. The number of likely N-dealkylation sites (tertiary alicyclic amines) is 1. The Balaban J connectivity index is 2.99. The lowest BCUT2D eigenvalue weighted by atomic mass is 9.81. The number of thiol groups is 1. The summed E-state index contributed by atoms with van der Waals surface area (Å²) in [6.45, 7) is 7.23. The summed E-state index contributed by atoms with van der Waals surface area (Å²) in [5.74, 6) is -0.994. The van der Waals surface area contributed by atoms with E-state index < -0.39 is 17.6 Å². The number of piperidine rings is 1. The van der Waals surface area contributed by atoms with Gasteiger partial charge in [-0.2, -0.15) is 4.91 Å². The Morgan fingerprint density at radius 2 is 1.95 bits per heavy atom. The fourth-order valence-electron chi connectivity index (χ4n) is 2.63. The maximum absolute atomic E-state index is 12.1. The van der Waals surface area contributed by atoms with Gasteiger partial charge in [-0.15, -0.1) is 0 Å². The van der Waals surface area contributed by atoms with Crippen LogP contribution in [0.3, 0.4) is 0 Å². The highest BCUT2D eigenvalue weighted by Gasteiger charge is 2.51. The molecule has 1 aliphatic rings. The predicted molar refractivity (Wildman–Crippen MR) is 81.5 cm³/mol. The van der Waals surface area contributed by atoms with E-state index in [1.165, 1.54) is 6.92 Å². The van der Waals surface area contributed by atoms with Gasteiger partial charge in [0.25, 0.3) is 0 Å². The van der Waals surface area contributed by atoms with Crippen molar-refractivity contribution in [2.75, 3.05) is 26.2 Å². The average Bonchev–Trinajstić information content (AvgIpc) is 2.46. The van der Waals surface area contributed by atoms with E-state index >= 15 is 0 Å². The highest BCUT2D eigenvalue weighted by Crippen LogP contribution is 2.35. The molecule has 0 radical (unpaired) electrons. The number of quaternary nitrogens is 1. The van der Waals surface area contributed by atoms with Crippen LogP contribution in [-0.2, 0) is 14.3 Å². The van der Waals surface area contributed by atoms with Gasteiger partial charge in [0.1, 0.15) is 5.54 Å². The SMILES string of the molecule is CCOC(=O)C(NC(C)=O)C1(N=O)CC[N+](S)(CC)CC1. The molecule has 1 unspecified atom stereocenters. The van der Waals surface area contributed by atoms with E-state index in [4.69, 9.17) is 4.74 Å². The molecule has 0 aliphatic carbocycles. The van der Waals surface area contributed by atoms with Crippen molar-refractivity contribution in [3.63, 3.8) is 0 Å². The summed E-state index contributed by atoms with van der Waals surface area (Å²) in [6.07, 6.45) is 0.773. The number of nitrogens with one attached hydrogen (secondary N) is 1. The van der Waals surface area contributed by atoms with Crippen LogP contribution in [0.25, 0.3) is 0 Å². The molecule has 8 heteroatoms. The normalized spacial score (nSPS) is 30.3. The largest absolute Gasteiger partial charge is 0.464 e. The fraction of sp³-hybridized carbons (Fsp3) is 0.846. The van der Waals surface area contributed by atoms with Crippen LogP contribution in [0.5, 0.6) is 0 Å². The molecule has 0 aromatic carbocycles. The van der Waals surface area contributed by atoms with Gasteiger partial charge in [0, 0.05) is 19.8 Å². The van der Waals surface area contributed by atoms with Crippen molar-refractivity contribution in [2.45, 2.75) is 45.2 Å². The van der Waals surface area contributed by atoms with Crippen molar-refractivity contribution in [3.8, 4) is 0 Å². The Hall–Kier alpha value is -1.15. The maximum Gasteiger partial charge on any atom is 0.331 e. The minimum absolute atomic E-state index is 0.186. The zero-order chi connectivity index (χ0) is 16.1. The third-order valence-corrected chi connectivity index (χ3v) is 4.78. The standard InChI is InChI=1S/C13H23N3O4S/c1-4-16(21)8-6-13(15-19,7-9-16)11(14-10(3)17)12(18)20-5-2/h11,21H,4-9H2,1-3H3/p+1. The smallest absolute Gasteiger partial charge is 0.331 e. The van der Waals surface area contributed by atoms with Crippen molar-refractivity contribution in [2.24, 2.45) is 5.18 Å². The van der Waals surface area contributed by atoms with Crippen LogP contribution in [0.4, 0.5) is 0 Å². The Kier molecular flexibility index (Phi) is 6.15. The molecule has 1 N–H and O–H groups in total. The Morgan fingerprint density at radius 1 is 1.38 bits per heavy atom. The van der Waals surface area contributed by atoms with Crippen LogP contribution in [0.1, 0.15) is 33.6 Å². The van der Waals surface area contributed by atoms with Gasteiger partial charge in [0.05, 0.1) is 39.1 Å². The number of esters is 1. The highest BCUT2D eigenvalue weighted by molar-refractivity contribution is 7.74.